The van der Waals surface area contributed by atoms with Crippen LogP contribution in [0.25, 0.3) is 10.8 Å². The van der Waals surface area contributed by atoms with Crippen molar-refractivity contribution in [2.24, 2.45) is 0 Å². The van der Waals surface area contributed by atoms with Gasteiger partial charge in [0, 0.05) is 11.6 Å². The van der Waals surface area contributed by atoms with E-state index in [4.69, 9.17) is 0 Å². The number of likely N-dealkylation sites (tertiary alicyclic amines) is 1. The molecule has 2 aromatic carbocycles. The smallest absolute Gasteiger partial charge is 0.252 e. The Kier molecular flexibility index (Phi) is 4.71. The number of hydrogen-bond donors (Lipinski definition) is 1. The number of rotatable bonds is 3. The molecule has 2 aromatic rings. The third-order valence-corrected chi connectivity index (χ3v) is 7.25. The molecule has 2 aliphatic rings. The Hall–Kier alpha value is -1.92. The molecule has 1 N–H and O–H groups in total. The van der Waals surface area contributed by atoms with Crippen molar-refractivity contribution in [3.05, 3.63) is 48.0 Å². The lowest BCUT2D eigenvalue weighted by Gasteiger charge is -2.35. The van der Waals surface area contributed by atoms with Crippen LogP contribution in [0.3, 0.4) is 0 Å². The number of carbonyl (C=O) groups excluding carboxylic acids is 1. The predicted molar refractivity (Wildman–Crippen MR) is 103 cm³/mol. The summed E-state index contributed by atoms with van der Waals surface area (Å²) in [5.41, 5.74) is 0.602. The molecule has 0 unspecified atom stereocenters. The van der Waals surface area contributed by atoms with Crippen LogP contribution < -0.4 is 5.32 Å². The molecule has 2 heterocycles. The van der Waals surface area contributed by atoms with Gasteiger partial charge in [-0.05, 0) is 42.8 Å². The van der Waals surface area contributed by atoms with Gasteiger partial charge < -0.3 is 5.32 Å². The van der Waals surface area contributed by atoms with Gasteiger partial charge in [-0.3, -0.25) is 9.69 Å². The number of nitrogens with one attached hydrogen (secondary N) is 1. The second kappa shape index (κ2) is 7.00. The maximum absolute atomic E-state index is 12.9. The van der Waals surface area contributed by atoms with Crippen LogP contribution in [0.4, 0.5) is 0 Å². The number of sulfone groups is 1. The average molecular weight is 372 g/mol. The highest BCUT2D eigenvalue weighted by molar-refractivity contribution is 7.91. The lowest BCUT2D eigenvalue weighted by atomic mass is 10.0. The zero-order valence-electron chi connectivity index (χ0n) is 14.7. The van der Waals surface area contributed by atoms with Crippen molar-refractivity contribution in [1.29, 1.82) is 0 Å². The van der Waals surface area contributed by atoms with E-state index in [9.17, 15) is 13.2 Å². The fourth-order valence-corrected chi connectivity index (χ4v) is 6.20. The van der Waals surface area contributed by atoms with Gasteiger partial charge in [0.1, 0.15) is 0 Å². The quantitative estimate of drug-likeness (QED) is 0.897. The summed E-state index contributed by atoms with van der Waals surface area (Å²) in [6.07, 6.45) is 3.39. The summed E-state index contributed by atoms with van der Waals surface area (Å²) in [7, 11) is -3.12. The first kappa shape index (κ1) is 17.5. The first-order valence-corrected chi connectivity index (χ1v) is 11.1. The van der Waals surface area contributed by atoms with Gasteiger partial charge in [0.05, 0.1) is 17.5 Å². The maximum Gasteiger partial charge on any atom is 0.252 e. The van der Waals surface area contributed by atoms with Crippen molar-refractivity contribution in [3.8, 4) is 0 Å². The van der Waals surface area contributed by atoms with Crippen molar-refractivity contribution in [2.45, 2.75) is 31.3 Å². The van der Waals surface area contributed by atoms with Crippen LogP contribution in [0.1, 0.15) is 29.6 Å². The summed E-state index contributed by atoms with van der Waals surface area (Å²) in [6, 6.07) is 12.9. The van der Waals surface area contributed by atoms with Gasteiger partial charge in [-0.15, -0.1) is 0 Å². The first-order chi connectivity index (χ1) is 12.5. The molecule has 2 fully saturated rings. The number of benzene rings is 2. The first-order valence-electron chi connectivity index (χ1n) is 9.27. The van der Waals surface area contributed by atoms with E-state index in [2.05, 4.69) is 10.2 Å². The van der Waals surface area contributed by atoms with Crippen LogP contribution in [0.15, 0.2) is 42.5 Å². The van der Waals surface area contributed by atoms with Gasteiger partial charge in [-0.2, -0.15) is 0 Å². The minimum Gasteiger partial charge on any atom is -0.347 e. The predicted octanol–water partition coefficient (Wildman–Crippen LogP) is 2.22. The molecular weight excluding hydrogens is 348 g/mol. The number of hydrogen-bond acceptors (Lipinski definition) is 4. The number of nitrogens with zero attached hydrogens (tertiary/aromatic N) is 1. The summed E-state index contributed by atoms with van der Waals surface area (Å²) in [6.45, 7) is 1.83. The molecule has 4 rings (SSSR count). The largest absolute Gasteiger partial charge is 0.347 e. The Morgan fingerprint density at radius 2 is 1.69 bits per heavy atom. The molecule has 0 saturated carbocycles. The number of carbonyl (C=O) groups is 1. The van der Waals surface area contributed by atoms with Crippen LogP contribution in [-0.2, 0) is 9.84 Å². The fourth-order valence-electron chi connectivity index (χ4n) is 4.25. The van der Waals surface area contributed by atoms with E-state index < -0.39 is 9.84 Å². The van der Waals surface area contributed by atoms with Crippen LogP contribution in [0.5, 0.6) is 0 Å². The molecule has 138 valence electrons. The Morgan fingerprint density at radius 1 is 0.962 bits per heavy atom. The molecular formula is C20H24N2O3S. The fraction of sp³-hybridized carbons (Fsp3) is 0.450. The van der Waals surface area contributed by atoms with E-state index in [0.717, 1.165) is 36.7 Å². The van der Waals surface area contributed by atoms with Crippen LogP contribution in [0, 0.1) is 0 Å². The molecule has 0 aliphatic carbocycles. The van der Waals surface area contributed by atoms with Gasteiger partial charge in [-0.1, -0.05) is 42.8 Å². The van der Waals surface area contributed by atoms with E-state index in [1.54, 1.807) is 6.07 Å². The molecule has 0 bridgehead atoms. The zero-order valence-corrected chi connectivity index (χ0v) is 15.5. The van der Waals surface area contributed by atoms with E-state index in [1.165, 1.54) is 6.42 Å². The summed E-state index contributed by atoms with van der Waals surface area (Å²) < 4.78 is 24.5. The summed E-state index contributed by atoms with van der Waals surface area (Å²) in [4.78, 5) is 15.2. The van der Waals surface area contributed by atoms with Crippen molar-refractivity contribution >= 4 is 26.5 Å². The van der Waals surface area contributed by atoms with Crippen molar-refractivity contribution in [3.63, 3.8) is 0 Å². The standard InChI is InChI=1S/C20H24N2O3S/c23-20(17-10-6-8-15-7-2-3-9-16(15)17)21-18-13-26(24,25)14-19(18)22-11-4-1-5-12-22/h2-3,6-10,18-19H,1,4-5,11-14H2,(H,21,23)/t18-,19+/m1/s1. The van der Waals surface area contributed by atoms with Gasteiger partial charge in [0.25, 0.3) is 5.91 Å². The van der Waals surface area contributed by atoms with E-state index in [-0.39, 0.29) is 29.5 Å². The Morgan fingerprint density at radius 3 is 2.50 bits per heavy atom. The van der Waals surface area contributed by atoms with Crippen LogP contribution >= 0.6 is 0 Å². The third kappa shape index (κ3) is 3.48. The number of piperidine rings is 1. The third-order valence-electron chi connectivity index (χ3n) is 5.53. The van der Waals surface area contributed by atoms with Crippen molar-refractivity contribution < 1.29 is 13.2 Å². The van der Waals surface area contributed by atoms with Gasteiger partial charge in [0.2, 0.25) is 0 Å². The number of amides is 1. The summed E-state index contributed by atoms with van der Waals surface area (Å²) in [5.74, 6) is -0.0102. The molecule has 26 heavy (non-hydrogen) atoms. The van der Waals surface area contributed by atoms with Gasteiger partial charge in [-0.25, -0.2) is 8.42 Å². The molecule has 2 atom stereocenters. The second-order valence-corrected chi connectivity index (χ2v) is 9.50. The van der Waals surface area contributed by atoms with Crippen LogP contribution in [0.2, 0.25) is 0 Å². The highest BCUT2D eigenvalue weighted by Gasteiger charge is 2.42. The normalized spacial score (nSPS) is 26.0. The van der Waals surface area contributed by atoms with Crippen molar-refractivity contribution in [1.82, 2.24) is 10.2 Å². The minimum atomic E-state index is -3.12. The van der Waals surface area contributed by atoms with E-state index in [0.29, 0.717) is 5.56 Å². The number of fused-ring (bicyclic) bond motifs is 1. The SMILES string of the molecule is O=C(N[C@@H]1CS(=O)(=O)C[C@@H]1N1CCCCC1)c1cccc2ccccc12. The maximum atomic E-state index is 12.9. The Balaban J connectivity index is 1.58. The molecule has 1 amide bonds. The van der Waals surface area contributed by atoms with Gasteiger partial charge in [0.15, 0.2) is 9.84 Å². The Bertz CT molecular complexity index is 914. The molecule has 0 radical (unpaired) electrons. The monoisotopic (exact) mass is 372 g/mol. The highest BCUT2D eigenvalue weighted by Crippen LogP contribution is 2.24. The summed E-state index contributed by atoms with van der Waals surface area (Å²) >= 11 is 0. The molecule has 0 spiro atoms. The topological polar surface area (TPSA) is 66.5 Å². The molecule has 2 saturated heterocycles. The highest BCUT2D eigenvalue weighted by atomic mass is 32.2. The summed E-state index contributed by atoms with van der Waals surface area (Å²) in [5, 5.41) is 4.93. The zero-order chi connectivity index (χ0) is 18.1. The second-order valence-electron chi connectivity index (χ2n) is 7.35. The van der Waals surface area contributed by atoms with Crippen LogP contribution in [-0.4, -0.2) is 55.9 Å². The molecule has 6 heteroatoms. The van der Waals surface area contributed by atoms with E-state index in [1.807, 2.05) is 36.4 Å². The lowest BCUT2D eigenvalue weighted by molar-refractivity contribution is 0.0901. The average Bonchev–Trinajstić information content (AvgIpc) is 2.96. The van der Waals surface area contributed by atoms with Gasteiger partial charge >= 0.3 is 0 Å². The molecule has 2 aliphatic heterocycles. The van der Waals surface area contributed by atoms with Crippen molar-refractivity contribution in [2.75, 3.05) is 24.6 Å². The lowest BCUT2D eigenvalue weighted by Crippen LogP contribution is -2.52. The molecule has 5 nitrogen and oxygen atoms in total. The minimum absolute atomic E-state index is 0.0324. The molecule has 0 aromatic heterocycles. The van der Waals surface area contributed by atoms with E-state index >= 15 is 0 Å². The Labute approximate surface area is 154 Å².